The van der Waals surface area contributed by atoms with Crippen LogP contribution in [0.25, 0.3) is 0 Å². The zero-order chi connectivity index (χ0) is 10.1. The Morgan fingerprint density at radius 1 is 1.57 bits per heavy atom. The van der Waals surface area contributed by atoms with Crippen molar-refractivity contribution in [3.8, 4) is 0 Å². The Kier molecular flexibility index (Phi) is 2.74. The fraction of sp³-hybridized carbons (Fsp3) is 0.700. The predicted octanol–water partition coefficient (Wildman–Crippen LogP) is 1.76. The topological polar surface area (TPSA) is 42.2 Å². The number of nitrogens with two attached hydrogens (primary N) is 1. The van der Waals surface area contributed by atoms with E-state index in [0.29, 0.717) is 6.54 Å². The number of nitrogens with zero attached hydrogens (tertiary/aromatic N) is 2. The number of hydrogen-bond acceptors (Lipinski definition) is 4. The van der Waals surface area contributed by atoms with E-state index >= 15 is 0 Å². The Morgan fingerprint density at radius 3 is 2.71 bits per heavy atom. The molecule has 1 aromatic rings. The van der Waals surface area contributed by atoms with E-state index in [1.54, 1.807) is 11.3 Å². The summed E-state index contributed by atoms with van der Waals surface area (Å²) in [7, 11) is 2.14. The molecule has 14 heavy (non-hydrogen) atoms. The summed E-state index contributed by atoms with van der Waals surface area (Å²) in [6, 6.07) is 0.733. The van der Waals surface area contributed by atoms with Crippen molar-refractivity contribution in [3.05, 3.63) is 10.6 Å². The maximum Gasteiger partial charge on any atom is 0.185 e. The van der Waals surface area contributed by atoms with Crippen LogP contribution in [0.15, 0.2) is 0 Å². The lowest BCUT2D eigenvalue weighted by Crippen LogP contribution is -2.18. The van der Waals surface area contributed by atoms with Crippen molar-refractivity contribution < 1.29 is 0 Å². The van der Waals surface area contributed by atoms with E-state index in [1.807, 2.05) is 0 Å². The van der Waals surface area contributed by atoms with Crippen LogP contribution in [0.3, 0.4) is 0 Å². The van der Waals surface area contributed by atoms with Crippen LogP contribution in [0, 0.1) is 0 Å². The Balaban J connectivity index is 2.20. The lowest BCUT2D eigenvalue weighted by molar-refractivity contribution is 0.895. The standard InChI is InChI=1S/C10H17N3S/c1-3-8-9(6-11)14-10(12-8)13(2)7-4-5-7/h7H,3-6,11H2,1-2H3. The zero-order valence-corrected chi connectivity index (χ0v) is 9.60. The molecule has 0 spiro atoms. The minimum Gasteiger partial charge on any atom is -0.348 e. The fourth-order valence-electron chi connectivity index (χ4n) is 1.57. The van der Waals surface area contributed by atoms with Gasteiger partial charge < -0.3 is 10.6 Å². The highest BCUT2D eigenvalue weighted by Gasteiger charge is 2.28. The van der Waals surface area contributed by atoms with Crippen molar-refractivity contribution >= 4 is 16.5 Å². The van der Waals surface area contributed by atoms with Crippen molar-refractivity contribution in [2.75, 3.05) is 11.9 Å². The first-order valence-corrected chi connectivity index (χ1v) is 5.99. The van der Waals surface area contributed by atoms with Gasteiger partial charge in [0.1, 0.15) is 0 Å². The Bertz CT molecular complexity index is 296. The van der Waals surface area contributed by atoms with Gasteiger partial charge in [0.05, 0.1) is 5.69 Å². The molecule has 78 valence electrons. The van der Waals surface area contributed by atoms with E-state index in [9.17, 15) is 0 Å². The fourth-order valence-corrected chi connectivity index (χ4v) is 2.63. The van der Waals surface area contributed by atoms with Gasteiger partial charge in [0.15, 0.2) is 5.13 Å². The first-order valence-electron chi connectivity index (χ1n) is 5.17. The van der Waals surface area contributed by atoms with Gasteiger partial charge in [-0.2, -0.15) is 0 Å². The summed E-state index contributed by atoms with van der Waals surface area (Å²) < 4.78 is 0. The number of aromatic nitrogens is 1. The highest BCUT2D eigenvalue weighted by Crippen LogP contribution is 2.33. The van der Waals surface area contributed by atoms with E-state index < -0.39 is 0 Å². The Labute approximate surface area is 88.9 Å². The summed E-state index contributed by atoms with van der Waals surface area (Å²) in [6.45, 7) is 2.76. The highest BCUT2D eigenvalue weighted by molar-refractivity contribution is 7.15. The molecule has 0 atom stereocenters. The van der Waals surface area contributed by atoms with Gasteiger partial charge in [-0.15, -0.1) is 11.3 Å². The molecule has 1 aromatic heterocycles. The molecule has 1 fully saturated rings. The second kappa shape index (κ2) is 3.87. The van der Waals surface area contributed by atoms with E-state index in [-0.39, 0.29) is 0 Å². The zero-order valence-electron chi connectivity index (χ0n) is 8.79. The van der Waals surface area contributed by atoms with Crippen LogP contribution in [0.5, 0.6) is 0 Å². The molecule has 0 radical (unpaired) electrons. The average Bonchev–Trinajstić information content (AvgIpc) is 2.96. The molecule has 1 saturated carbocycles. The Hall–Kier alpha value is -0.610. The number of hydrogen-bond donors (Lipinski definition) is 1. The maximum absolute atomic E-state index is 5.68. The van der Waals surface area contributed by atoms with Gasteiger partial charge in [-0.3, -0.25) is 0 Å². The summed E-state index contributed by atoms with van der Waals surface area (Å²) in [5.41, 5.74) is 6.86. The van der Waals surface area contributed by atoms with E-state index in [1.165, 1.54) is 23.4 Å². The molecule has 1 aliphatic rings. The largest absolute Gasteiger partial charge is 0.348 e. The summed E-state index contributed by atoms with van der Waals surface area (Å²) in [4.78, 5) is 8.17. The quantitative estimate of drug-likeness (QED) is 0.825. The van der Waals surface area contributed by atoms with Gasteiger partial charge >= 0.3 is 0 Å². The van der Waals surface area contributed by atoms with Crippen molar-refractivity contribution in [3.63, 3.8) is 0 Å². The summed E-state index contributed by atoms with van der Waals surface area (Å²) >= 11 is 1.75. The molecule has 0 bridgehead atoms. The van der Waals surface area contributed by atoms with E-state index in [0.717, 1.165) is 17.6 Å². The number of anilines is 1. The van der Waals surface area contributed by atoms with Crippen LogP contribution in [-0.4, -0.2) is 18.1 Å². The molecule has 1 aliphatic carbocycles. The number of aryl methyl sites for hydroxylation is 1. The van der Waals surface area contributed by atoms with E-state index in [4.69, 9.17) is 5.73 Å². The van der Waals surface area contributed by atoms with Gasteiger partial charge in [0, 0.05) is 24.5 Å². The number of rotatable bonds is 4. The first kappa shape index (κ1) is 9.93. The van der Waals surface area contributed by atoms with Crippen molar-refractivity contribution in [2.24, 2.45) is 5.73 Å². The molecule has 0 aromatic carbocycles. The third-order valence-corrected chi connectivity index (χ3v) is 3.89. The minimum absolute atomic E-state index is 0.624. The summed E-state index contributed by atoms with van der Waals surface area (Å²) in [5, 5.41) is 1.14. The van der Waals surface area contributed by atoms with Gasteiger partial charge in [-0.05, 0) is 19.3 Å². The molecule has 0 amide bonds. The summed E-state index contributed by atoms with van der Waals surface area (Å²) in [5.74, 6) is 0. The van der Waals surface area contributed by atoms with Crippen LogP contribution >= 0.6 is 11.3 Å². The van der Waals surface area contributed by atoms with Crippen molar-refractivity contribution in [1.82, 2.24) is 4.98 Å². The molecular formula is C10H17N3S. The van der Waals surface area contributed by atoms with Crippen LogP contribution < -0.4 is 10.6 Å². The lowest BCUT2D eigenvalue weighted by Gasteiger charge is -2.13. The second-order valence-corrected chi connectivity index (χ2v) is 4.83. The smallest absolute Gasteiger partial charge is 0.185 e. The van der Waals surface area contributed by atoms with Gasteiger partial charge in [0.25, 0.3) is 0 Å². The Morgan fingerprint density at radius 2 is 2.29 bits per heavy atom. The molecule has 2 rings (SSSR count). The van der Waals surface area contributed by atoms with Crippen molar-refractivity contribution in [1.29, 1.82) is 0 Å². The molecule has 2 N–H and O–H groups in total. The molecule has 1 heterocycles. The van der Waals surface area contributed by atoms with Crippen molar-refractivity contribution in [2.45, 2.75) is 38.8 Å². The maximum atomic E-state index is 5.68. The van der Waals surface area contributed by atoms with Crippen LogP contribution in [-0.2, 0) is 13.0 Å². The van der Waals surface area contributed by atoms with E-state index in [2.05, 4.69) is 23.9 Å². The van der Waals surface area contributed by atoms with Crippen LogP contribution in [0.2, 0.25) is 0 Å². The third-order valence-electron chi connectivity index (χ3n) is 2.68. The second-order valence-electron chi connectivity index (χ2n) is 3.77. The average molecular weight is 211 g/mol. The SMILES string of the molecule is CCc1nc(N(C)C2CC2)sc1CN. The minimum atomic E-state index is 0.624. The molecular weight excluding hydrogens is 194 g/mol. The summed E-state index contributed by atoms with van der Waals surface area (Å²) in [6.07, 6.45) is 3.62. The van der Waals surface area contributed by atoms with Gasteiger partial charge in [-0.1, -0.05) is 6.92 Å². The van der Waals surface area contributed by atoms with Crippen LogP contribution in [0.4, 0.5) is 5.13 Å². The normalized spacial score (nSPS) is 15.9. The number of thiazole rings is 1. The lowest BCUT2D eigenvalue weighted by atomic mass is 10.3. The highest BCUT2D eigenvalue weighted by atomic mass is 32.1. The first-order chi connectivity index (χ1) is 6.76. The van der Waals surface area contributed by atoms with Gasteiger partial charge in [-0.25, -0.2) is 4.98 Å². The molecule has 4 heteroatoms. The van der Waals surface area contributed by atoms with Crippen LogP contribution in [0.1, 0.15) is 30.3 Å². The monoisotopic (exact) mass is 211 g/mol. The van der Waals surface area contributed by atoms with Gasteiger partial charge in [0.2, 0.25) is 0 Å². The molecule has 0 aliphatic heterocycles. The molecule has 0 saturated heterocycles. The molecule has 3 nitrogen and oxygen atoms in total. The third kappa shape index (κ3) is 1.77. The predicted molar refractivity (Wildman–Crippen MR) is 60.8 cm³/mol. The molecule has 0 unspecified atom stereocenters.